The summed E-state index contributed by atoms with van der Waals surface area (Å²) in [7, 11) is 1.73. The smallest absolute Gasteiger partial charge is 0.125 e. The molecule has 2 aliphatic rings. The van der Waals surface area contributed by atoms with Crippen LogP contribution in [0.4, 0.5) is 0 Å². The first-order valence-electron chi connectivity index (χ1n) is 7.93. The Labute approximate surface area is 126 Å². The van der Waals surface area contributed by atoms with E-state index in [2.05, 4.69) is 31.3 Å². The van der Waals surface area contributed by atoms with Gasteiger partial charge in [0.05, 0.1) is 13.2 Å². The number of nitrogens with one attached hydrogen (secondary N) is 1. The van der Waals surface area contributed by atoms with Crippen LogP contribution in [0.15, 0.2) is 12.1 Å². The third-order valence-corrected chi connectivity index (χ3v) is 4.37. The van der Waals surface area contributed by atoms with Gasteiger partial charge in [0.2, 0.25) is 0 Å². The molecule has 0 radical (unpaired) electrons. The van der Waals surface area contributed by atoms with E-state index < -0.39 is 0 Å². The standard InChI is InChI=1S/C17H25NO3/c1-4-18-13-5-6-20-17(9-13)14-10-15-12(7-11(2)21-15)8-16(14)19-3/h8,10-11,13,17-18H,4-7,9H2,1-3H3. The number of ether oxygens (including phenoxy) is 3. The maximum atomic E-state index is 5.99. The van der Waals surface area contributed by atoms with Gasteiger partial charge in [0.25, 0.3) is 0 Å². The molecule has 1 fully saturated rings. The summed E-state index contributed by atoms with van der Waals surface area (Å²) in [6.07, 6.45) is 3.35. The lowest BCUT2D eigenvalue weighted by Gasteiger charge is -2.31. The van der Waals surface area contributed by atoms with Crippen LogP contribution in [-0.2, 0) is 11.2 Å². The fraction of sp³-hybridized carbons (Fsp3) is 0.647. The van der Waals surface area contributed by atoms with E-state index in [9.17, 15) is 0 Å². The van der Waals surface area contributed by atoms with E-state index in [0.717, 1.165) is 49.5 Å². The average Bonchev–Trinajstić information content (AvgIpc) is 2.85. The van der Waals surface area contributed by atoms with Crippen molar-refractivity contribution in [2.75, 3.05) is 20.3 Å². The van der Waals surface area contributed by atoms with Crippen molar-refractivity contribution in [1.29, 1.82) is 0 Å². The first kappa shape index (κ1) is 14.7. The lowest BCUT2D eigenvalue weighted by atomic mass is 9.95. The Morgan fingerprint density at radius 3 is 3.00 bits per heavy atom. The first-order valence-corrected chi connectivity index (χ1v) is 7.93. The second-order valence-corrected chi connectivity index (χ2v) is 5.97. The molecule has 0 aliphatic carbocycles. The summed E-state index contributed by atoms with van der Waals surface area (Å²) >= 11 is 0. The highest BCUT2D eigenvalue weighted by atomic mass is 16.5. The Hall–Kier alpha value is -1.26. The molecule has 2 aliphatic heterocycles. The topological polar surface area (TPSA) is 39.7 Å². The molecule has 1 saturated heterocycles. The number of rotatable bonds is 4. The molecule has 4 nitrogen and oxygen atoms in total. The molecule has 3 unspecified atom stereocenters. The van der Waals surface area contributed by atoms with Crippen molar-refractivity contribution in [3.8, 4) is 11.5 Å². The molecule has 0 saturated carbocycles. The van der Waals surface area contributed by atoms with E-state index in [0.29, 0.717) is 6.04 Å². The molecule has 116 valence electrons. The molecule has 3 atom stereocenters. The Bertz CT molecular complexity index is 501. The van der Waals surface area contributed by atoms with Crippen molar-refractivity contribution in [3.05, 3.63) is 23.3 Å². The van der Waals surface area contributed by atoms with Crippen LogP contribution in [0.1, 0.15) is 43.9 Å². The van der Waals surface area contributed by atoms with Crippen LogP contribution in [0.5, 0.6) is 11.5 Å². The molecule has 1 aromatic rings. The van der Waals surface area contributed by atoms with Crippen LogP contribution >= 0.6 is 0 Å². The molecule has 0 spiro atoms. The van der Waals surface area contributed by atoms with Gasteiger partial charge in [0.1, 0.15) is 17.6 Å². The summed E-state index contributed by atoms with van der Waals surface area (Å²) in [5.74, 6) is 1.92. The van der Waals surface area contributed by atoms with Gasteiger partial charge >= 0.3 is 0 Å². The molecular weight excluding hydrogens is 266 g/mol. The molecule has 0 bridgehead atoms. The van der Waals surface area contributed by atoms with Crippen molar-refractivity contribution in [1.82, 2.24) is 5.32 Å². The van der Waals surface area contributed by atoms with Crippen LogP contribution in [0, 0.1) is 0 Å². The van der Waals surface area contributed by atoms with Crippen LogP contribution in [0.3, 0.4) is 0 Å². The van der Waals surface area contributed by atoms with E-state index in [4.69, 9.17) is 14.2 Å². The van der Waals surface area contributed by atoms with Gasteiger partial charge in [-0.05, 0) is 38.4 Å². The van der Waals surface area contributed by atoms with Gasteiger partial charge < -0.3 is 19.5 Å². The summed E-state index contributed by atoms with van der Waals surface area (Å²) in [5, 5.41) is 3.53. The summed E-state index contributed by atoms with van der Waals surface area (Å²) in [4.78, 5) is 0. The van der Waals surface area contributed by atoms with Crippen molar-refractivity contribution >= 4 is 0 Å². The third kappa shape index (κ3) is 3.01. The zero-order valence-electron chi connectivity index (χ0n) is 13.1. The van der Waals surface area contributed by atoms with Crippen LogP contribution in [-0.4, -0.2) is 32.4 Å². The molecule has 2 heterocycles. The minimum atomic E-state index is 0.0857. The second kappa shape index (κ2) is 6.24. The van der Waals surface area contributed by atoms with Crippen LogP contribution < -0.4 is 14.8 Å². The van der Waals surface area contributed by atoms with Gasteiger partial charge in [0, 0.05) is 30.2 Å². The summed E-state index contributed by atoms with van der Waals surface area (Å²) < 4.78 is 17.5. The molecule has 1 N–H and O–H groups in total. The van der Waals surface area contributed by atoms with E-state index in [1.54, 1.807) is 7.11 Å². The van der Waals surface area contributed by atoms with E-state index in [-0.39, 0.29) is 12.2 Å². The minimum Gasteiger partial charge on any atom is -0.496 e. The third-order valence-electron chi connectivity index (χ3n) is 4.37. The molecule has 1 aromatic carbocycles. The van der Waals surface area contributed by atoms with Gasteiger partial charge in [-0.3, -0.25) is 0 Å². The molecule has 3 rings (SSSR count). The van der Waals surface area contributed by atoms with Crippen molar-refractivity contribution < 1.29 is 14.2 Å². The molecule has 0 aromatic heterocycles. The number of hydrogen-bond acceptors (Lipinski definition) is 4. The Balaban J connectivity index is 1.85. The Morgan fingerprint density at radius 1 is 1.38 bits per heavy atom. The predicted molar refractivity (Wildman–Crippen MR) is 82.2 cm³/mol. The molecule has 4 heteroatoms. The molecule has 0 amide bonds. The average molecular weight is 291 g/mol. The fourth-order valence-corrected chi connectivity index (χ4v) is 3.37. The first-order chi connectivity index (χ1) is 10.2. The van der Waals surface area contributed by atoms with Crippen LogP contribution in [0.25, 0.3) is 0 Å². The van der Waals surface area contributed by atoms with E-state index in [1.807, 2.05) is 0 Å². The zero-order chi connectivity index (χ0) is 14.8. The molecular formula is C17H25NO3. The highest BCUT2D eigenvalue weighted by Gasteiger charge is 2.29. The van der Waals surface area contributed by atoms with Crippen molar-refractivity contribution in [3.63, 3.8) is 0 Å². The lowest BCUT2D eigenvalue weighted by molar-refractivity contribution is -0.000743. The van der Waals surface area contributed by atoms with Gasteiger partial charge in [-0.15, -0.1) is 0 Å². The van der Waals surface area contributed by atoms with E-state index in [1.165, 1.54) is 5.56 Å². The number of fused-ring (bicyclic) bond motifs is 1. The minimum absolute atomic E-state index is 0.0857. The van der Waals surface area contributed by atoms with Gasteiger partial charge in [-0.1, -0.05) is 6.92 Å². The highest BCUT2D eigenvalue weighted by Crippen LogP contribution is 2.41. The lowest BCUT2D eigenvalue weighted by Crippen LogP contribution is -2.36. The highest BCUT2D eigenvalue weighted by molar-refractivity contribution is 5.49. The van der Waals surface area contributed by atoms with Crippen molar-refractivity contribution in [2.24, 2.45) is 0 Å². The van der Waals surface area contributed by atoms with Crippen LogP contribution in [0.2, 0.25) is 0 Å². The fourth-order valence-electron chi connectivity index (χ4n) is 3.37. The van der Waals surface area contributed by atoms with Crippen molar-refractivity contribution in [2.45, 2.75) is 51.4 Å². The number of methoxy groups -OCH3 is 1. The number of benzene rings is 1. The Morgan fingerprint density at radius 2 is 2.24 bits per heavy atom. The SMILES string of the molecule is CCNC1CCOC(c2cc3c(cc2OC)CC(C)O3)C1. The van der Waals surface area contributed by atoms with Gasteiger partial charge in [0.15, 0.2) is 0 Å². The van der Waals surface area contributed by atoms with E-state index >= 15 is 0 Å². The summed E-state index contributed by atoms with van der Waals surface area (Å²) in [6.45, 7) is 6.04. The molecule has 21 heavy (non-hydrogen) atoms. The normalized spacial score (nSPS) is 28.0. The Kier molecular flexibility index (Phi) is 4.36. The maximum absolute atomic E-state index is 5.99. The monoisotopic (exact) mass is 291 g/mol. The number of hydrogen-bond donors (Lipinski definition) is 1. The second-order valence-electron chi connectivity index (χ2n) is 5.97. The summed E-state index contributed by atoms with van der Waals surface area (Å²) in [6, 6.07) is 4.76. The van der Waals surface area contributed by atoms with Gasteiger partial charge in [-0.2, -0.15) is 0 Å². The van der Waals surface area contributed by atoms with Gasteiger partial charge in [-0.25, -0.2) is 0 Å². The zero-order valence-corrected chi connectivity index (χ0v) is 13.1. The summed E-state index contributed by atoms with van der Waals surface area (Å²) in [5.41, 5.74) is 2.36. The largest absolute Gasteiger partial charge is 0.496 e. The maximum Gasteiger partial charge on any atom is 0.125 e. The predicted octanol–water partition coefficient (Wildman–Crippen LogP) is 2.85. The quantitative estimate of drug-likeness (QED) is 0.926.